The van der Waals surface area contributed by atoms with Gasteiger partial charge in [0.1, 0.15) is 5.01 Å². The van der Waals surface area contributed by atoms with Crippen LogP contribution in [0.4, 0.5) is 4.79 Å². The Morgan fingerprint density at radius 2 is 2.11 bits per heavy atom. The van der Waals surface area contributed by atoms with Crippen LogP contribution in [0.2, 0.25) is 0 Å². The van der Waals surface area contributed by atoms with Gasteiger partial charge in [-0.25, -0.2) is 9.78 Å². The number of benzene rings is 2. The molecular weight excluding hydrogens is 362 g/mol. The van der Waals surface area contributed by atoms with Gasteiger partial charge >= 0.3 is 6.03 Å². The second-order valence-corrected chi connectivity index (χ2v) is 7.78. The van der Waals surface area contributed by atoms with Crippen molar-refractivity contribution < 1.29 is 14.3 Å². The molecule has 138 valence electrons. The Labute approximate surface area is 160 Å². The standard InChI is InChI=1S/C20H19N3O3S/c24-20(21-11-13-7-8-16-17(10-13)26-12-25-16)23-9-3-5-15(23)19-22-14-4-1-2-6-18(14)27-19/h1-2,4,6-8,10,15H,3,5,9,11-12H2,(H,21,24). The third kappa shape index (κ3) is 3.08. The van der Waals surface area contributed by atoms with Crippen LogP contribution in [0.25, 0.3) is 10.2 Å². The van der Waals surface area contributed by atoms with E-state index in [0.717, 1.165) is 47.0 Å². The molecule has 5 rings (SSSR count). The van der Waals surface area contributed by atoms with Gasteiger partial charge in [0.2, 0.25) is 6.79 Å². The highest BCUT2D eigenvalue weighted by Crippen LogP contribution is 2.36. The highest BCUT2D eigenvalue weighted by molar-refractivity contribution is 7.18. The van der Waals surface area contributed by atoms with Crippen LogP contribution >= 0.6 is 11.3 Å². The maximum atomic E-state index is 12.8. The second kappa shape index (κ2) is 6.74. The number of hydrogen-bond donors (Lipinski definition) is 1. The highest BCUT2D eigenvalue weighted by Gasteiger charge is 2.32. The molecule has 1 saturated heterocycles. The molecule has 0 aliphatic carbocycles. The molecule has 2 aromatic carbocycles. The van der Waals surface area contributed by atoms with E-state index in [-0.39, 0.29) is 18.9 Å². The minimum absolute atomic E-state index is 0.0468. The Kier molecular flexibility index (Phi) is 4.09. The predicted molar refractivity (Wildman–Crippen MR) is 103 cm³/mol. The van der Waals surface area contributed by atoms with Gasteiger partial charge in [-0.2, -0.15) is 0 Å². The SMILES string of the molecule is O=C(NCc1ccc2c(c1)OCO2)N1CCCC1c1nc2ccccc2s1. The van der Waals surface area contributed by atoms with Gasteiger partial charge in [0, 0.05) is 13.1 Å². The fraction of sp³-hybridized carbons (Fsp3) is 0.300. The van der Waals surface area contributed by atoms with E-state index in [1.807, 2.05) is 41.3 Å². The zero-order valence-corrected chi connectivity index (χ0v) is 15.5. The Bertz CT molecular complexity index is 970. The number of amides is 2. The first kappa shape index (κ1) is 16.4. The van der Waals surface area contributed by atoms with Crippen LogP contribution in [-0.4, -0.2) is 29.3 Å². The molecule has 3 aromatic rings. The van der Waals surface area contributed by atoms with Crippen molar-refractivity contribution >= 4 is 27.6 Å². The van der Waals surface area contributed by atoms with Gasteiger partial charge in [0.15, 0.2) is 11.5 Å². The molecule has 27 heavy (non-hydrogen) atoms. The summed E-state index contributed by atoms with van der Waals surface area (Å²) in [5.74, 6) is 1.48. The van der Waals surface area contributed by atoms with Crippen molar-refractivity contribution in [3.63, 3.8) is 0 Å². The number of urea groups is 1. The number of nitrogens with one attached hydrogen (secondary N) is 1. The molecule has 0 saturated carbocycles. The summed E-state index contributed by atoms with van der Waals surface area (Å²) in [4.78, 5) is 19.4. The lowest BCUT2D eigenvalue weighted by atomic mass is 10.2. The van der Waals surface area contributed by atoms with Crippen molar-refractivity contribution in [2.24, 2.45) is 0 Å². The van der Waals surface area contributed by atoms with E-state index in [0.29, 0.717) is 6.54 Å². The van der Waals surface area contributed by atoms with Crippen LogP contribution in [0.1, 0.15) is 29.5 Å². The van der Waals surface area contributed by atoms with Crippen LogP contribution in [0.5, 0.6) is 11.5 Å². The van der Waals surface area contributed by atoms with Gasteiger partial charge < -0.3 is 19.7 Å². The summed E-state index contributed by atoms with van der Waals surface area (Å²) >= 11 is 1.68. The topological polar surface area (TPSA) is 63.7 Å². The first-order valence-electron chi connectivity index (χ1n) is 9.06. The summed E-state index contributed by atoms with van der Waals surface area (Å²) in [6.07, 6.45) is 1.95. The number of fused-ring (bicyclic) bond motifs is 2. The molecule has 1 N–H and O–H groups in total. The Morgan fingerprint density at radius 1 is 1.22 bits per heavy atom. The van der Waals surface area contributed by atoms with Crippen molar-refractivity contribution in [3.05, 3.63) is 53.0 Å². The normalized spacial score (nSPS) is 18.2. The van der Waals surface area contributed by atoms with Gasteiger partial charge in [0.05, 0.1) is 16.3 Å². The smallest absolute Gasteiger partial charge is 0.318 e. The molecule has 0 spiro atoms. The third-order valence-electron chi connectivity index (χ3n) is 4.99. The number of likely N-dealkylation sites (tertiary alicyclic amines) is 1. The number of hydrogen-bond acceptors (Lipinski definition) is 5. The number of carbonyl (C=O) groups excluding carboxylic acids is 1. The van der Waals surface area contributed by atoms with Crippen LogP contribution < -0.4 is 14.8 Å². The first-order chi connectivity index (χ1) is 13.3. The number of thiazole rings is 1. The summed E-state index contributed by atoms with van der Waals surface area (Å²) < 4.78 is 11.9. The van der Waals surface area contributed by atoms with Gasteiger partial charge in [0.25, 0.3) is 0 Å². The lowest BCUT2D eigenvalue weighted by Gasteiger charge is -2.23. The number of ether oxygens (including phenoxy) is 2. The molecule has 2 aliphatic heterocycles. The summed E-state index contributed by atoms with van der Waals surface area (Å²) in [6.45, 7) is 1.47. The number of nitrogens with zero attached hydrogens (tertiary/aromatic N) is 2. The van der Waals surface area contributed by atoms with Crippen LogP contribution in [0, 0.1) is 0 Å². The average Bonchev–Trinajstić information content (AvgIpc) is 3.43. The van der Waals surface area contributed by atoms with Crippen LogP contribution in [0.3, 0.4) is 0 Å². The van der Waals surface area contributed by atoms with Gasteiger partial charge in [-0.15, -0.1) is 11.3 Å². The van der Waals surface area contributed by atoms with E-state index >= 15 is 0 Å². The zero-order valence-electron chi connectivity index (χ0n) is 14.7. The minimum Gasteiger partial charge on any atom is -0.454 e. The molecule has 2 amide bonds. The fourth-order valence-corrected chi connectivity index (χ4v) is 4.74. The van der Waals surface area contributed by atoms with Gasteiger partial charge in [-0.05, 0) is 42.7 Å². The van der Waals surface area contributed by atoms with Gasteiger partial charge in [-0.1, -0.05) is 18.2 Å². The third-order valence-corrected chi connectivity index (χ3v) is 6.13. The molecule has 2 aliphatic rings. The van der Waals surface area contributed by atoms with Crippen LogP contribution in [0.15, 0.2) is 42.5 Å². The largest absolute Gasteiger partial charge is 0.454 e. The Morgan fingerprint density at radius 3 is 3.04 bits per heavy atom. The monoisotopic (exact) mass is 381 g/mol. The first-order valence-corrected chi connectivity index (χ1v) is 9.88. The number of carbonyl (C=O) groups is 1. The van der Waals surface area contributed by atoms with Crippen LogP contribution in [-0.2, 0) is 6.54 Å². The predicted octanol–water partition coefficient (Wildman–Crippen LogP) is 4.07. The molecular formula is C20H19N3O3S. The van der Waals surface area contributed by atoms with Crippen molar-refractivity contribution in [2.75, 3.05) is 13.3 Å². The number of rotatable bonds is 3. The molecule has 0 radical (unpaired) electrons. The maximum absolute atomic E-state index is 12.8. The average molecular weight is 381 g/mol. The van der Waals surface area contributed by atoms with E-state index in [4.69, 9.17) is 14.5 Å². The zero-order chi connectivity index (χ0) is 18.2. The van der Waals surface area contributed by atoms with Crippen molar-refractivity contribution in [3.8, 4) is 11.5 Å². The van der Waals surface area contributed by atoms with E-state index in [1.165, 1.54) is 4.70 Å². The van der Waals surface area contributed by atoms with Crippen molar-refractivity contribution in [1.29, 1.82) is 0 Å². The van der Waals surface area contributed by atoms with Gasteiger partial charge in [-0.3, -0.25) is 0 Å². The quantitative estimate of drug-likeness (QED) is 0.743. The second-order valence-electron chi connectivity index (χ2n) is 6.72. The van der Waals surface area contributed by atoms with E-state index in [1.54, 1.807) is 11.3 Å². The number of aromatic nitrogens is 1. The molecule has 1 atom stereocenters. The molecule has 3 heterocycles. The molecule has 6 nitrogen and oxygen atoms in total. The fourth-order valence-electron chi connectivity index (χ4n) is 3.63. The minimum atomic E-state index is -0.0468. The van der Waals surface area contributed by atoms with E-state index in [2.05, 4.69) is 11.4 Å². The lowest BCUT2D eigenvalue weighted by molar-refractivity contribution is 0.174. The Hall–Kier alpha value is -2.80. The maximum Gasteiger partial charge on any atom is 0.318 e. The molecule has 1 aromatic heterocycles. The molecule has 0 bridgehead atoms. The van der Waals surface area contributed by atoms with E-state index < -0.39 is 0 Å². The molecule has 1 unspecified atom stereocenters. The summed E-state index contributed by atoms with van der Waals surface area (Å²) in [6, 6.07) is 13.9. The highest BCUT2D eigenvalue weighted by atomic mass is 32.1. The molecule has 7 heteroatoms. The Balaban J connectivity index is 1.29. The molecule has 1 fully saturated rings. The van der Waals surface area contributed by atoms with Crippen molar-refractivity contribution in [2.45, 2.75) is 25.4 Å². The summed E-state index contributed by atoms with van der Waals surface area (Å²) in [7, 11) is 0. The summed E-state index contributed by atoms with van der Waals surface area (Å²) in [5.41, 5.74) is 1.99. The lowest BCUT2D eigenvalue weighted by Crippen LogP contribution is -2.39. The van der Waals surface area contributed by atoms with Crippen molar-refractivity contribution in [1.82, 2.24) is 15.2 Å². The van der Waals surface area contributed by atoms with E-state index in [9.17, 15) is 4.79 Å². The number of para-hydroxylation sites is 1. The summed E-state index contributed by atoms with van der Waals surface area (Å²) in [5, 5.41) is 4.05.